The molecule has 168 valence electrons. The predicted molar refractivity (Wildman–Crippen MR) is 131 cm³/mol. The van der Waals surface area contributed by atoms with Crippen LogP contribution in [0.2, 0.25) is 0 Å². The predicted octanol–water partition coefficient (Wildman–Crippen LogP) is 5.97. The molecule has 0 aromatic heterocycles. The summed E-state index contributed by atoms with van der Waals surface area (Å²) in [5, 5.41) is 12.8. The smallest absolute Gasteiger partial charge is 0.407 e. The summed E-state index contributed by atoms with van der Waals surface area (Å²) in [7, 11) is 0. The number of hydrogen-bond donors (Lipinski definition) is 2. The Balaban J connectivity index is 1.30. The van der Waals surface area contributed by atoms with E-state index < -0.39 is 6.09 Å². The van der Waals surface area contributed by atoms with Gasteiger partial charge in [0.1, 0.15) is 12.4 Å². The highest BCUT2D eigenvalue weighted by molar-refractivity contribution is 5.79. The van der Waals surface area contributed by atoms with Gasteiger partial charge in [-0.15, -0.1) is 0 Å². The third kappa shape index (κ3) is 5.04. The summed E-state index contributed by atoms with van der Waals surface area (Å²) in [5.41, 5.74) is 6.48. The van der Waals surface area contributed by atoms with E-state index in [4.69, 9.17) is 4.74 Å². The van der Waals surface area contributed by atoms with E-state index in [1.807, 2.05) is 36.4 Å². The fraction of sp³-hybridized carbons (Fsp3) is 0.276. The summed E-state index contributed by atoms with van der Waals surface area (Å²) in [6, 6.07) is 22.0. The Morgan fingerprint density at radius 3 is 2.27 bits per heavy atom. The van der Waals surface area contributed by atoms with Crippen LogP contribution in [0.25, 0.3) is 11.1 Å². The Kier molecular flexibility index (Phi) is 6.42. The largest absolute Gasteiger partial charge is 0.507 e. The Hall–Kier alpha value is -3.71. The summed E-state index contributed by atoms with van der Waals surface area (Å²) < 4.78 is 5.54. The van der Waals surface area contributed by atoms with E-state index in [-0.39, 0.29) is 17.1 Å². The topological polar surface area (TPSA) is 58.6 Å². The molecule has 3 aromatic carbocycles. The average Bonchev–Trinajstić information content (AvgIpc) is 3.11. The molecule has 4 heteroatoms. The van der Waals surface area contributed by atoms with Crippen molar-refractivity contribution in [1.29, 1.82) is 0 Å². The van der Waals surface area contributed by atoms with Gasteiger partial charge in [0.25, 0.3) is 0 Å². The fourth-order valence-electron chi connectivity index (χ4n) is 4.14. The van der Waals surface area contributed by atoms with Gasteiger partial charge in [-0.05, 0) is 45.4 Å². The maximum atomic E-state index is 12.2. The van der Waals surface area contributed by atoms with Crippen molar-refractivity contribution in [2.45, 2.75) is 38.5 Å². The highest BCUT2D eigenvalue weighted by Crippen LogP contribution is 2.44. The van der Waals surface area contributed by atoms with Gasteiger partial charge >= 0.3 is 6.09 Å². The number of rotatable bonds is 4. The molecule has 1 aliphatic rings. The normalized spacial score (nSPS) is 12.3. The highest BCUT2D eigenvalue weighted by atomic mass is 16.5. The van der Waals surface area contributed by atoms with Gasteiger partial charge < -0.3 is 15.2 Å². The number of carbonyl (C=O) groups excluding carboxylic acids is 1. The number of phenolic OH excluding ortho intramolecular Hbond substituents is 1. The lowest BCUT2D eigenvalue weighted by Gasteiger charge is -2.19. The second kappa shape index (κ2) is 9.42. The van der Waals surface area contributed by atoms with E-state index in [1.54, 1.807) is 6.07 Å². The molecule has 4 rings (SSSR count). The lowest BCUT2D eigenvalue weighted by Crippen LogP contribution is -2.26. The first-order chi connectivity index (χ1) is 15.8. The number of ether oxygens (including phenoxy) is 1. The second-order valence-electron chi connectivity index (χ2n) is 9.29. The highest BCUT2D eigenvalue weighted by Gasteiger charge is 2.28. The van der Waals surface area contributed by atoms with Crippen LogP contribution >= 0.6 is 0 Å². The van der Waals surface area contributed by atoms with E-state index >= 15 is 0 Å². The summed E-state index contributed by atoms with van der Waals surface area (Å²) in [5.74, 6) is 6.23. The van der Waals surface area contributed by atoms with Crippen molar-refractivity contribution in [3.63, 3.8) is 0 Å². The van der Waals surface area contributed by atoms with Gasteiger partial charge in [-0.2, -0.15) is 0 Å². The molecule has 0 atom stereocenters. The summed E-state index contributed by atoms with van der Waals surface area (Å²) in [4.78, 5) is 12.2. The first kappa shape index (κ1) is 22.5. The van der Waals surface area contributed by atoms with Crippen LogP contribution in [0.5, 0.6) is 5.75 Å². The van der Waals surface area contributed by atoms with Crippen LogP contribution in [0.4, 0.5) is 4.79 Å². The van der Waals surface area contributed by atoms with E-state index in [2.05, 4.69) is 62.2 Å². The molecule has 0 saturated heterocycles. The minimum absolute atomic E-state index is 0.0181. The maximum absolute atomic E-state index is 12.2. The second-order valence-corrected chi connectivity index (χ2v) is 9.29. The van der Waals surface area contributed by atoms with Gasteiger partial charge in [-0.25, -0.2) is 4.79 Å². The first-order valence-corrected chi connectivity index (χ1v) is 11.3. The molecular weight excluding hydrogens is 410 g/mol. The molecule has 0 radical (unpaired) electrons. The SMILES string of the molecule is CC(C)(C)c1ccc(O)c(C#CCCNC(=O)OCC2c3ccccc3-c3ccccc32)c1. The fourth-order valence-corrected chi connectivity index (χ4v) is 4.14. The molecule has 0 saturated carbocycles. The molecule has 1 amide bonds. The van der Waals surface area contributed by atoms with Gasteiger partial charge in [-0.3, -0.25) is 0 Å². The van der Waals surface area contributed by atoms with Gasteiger partial charge in [0.2, 0.25) is 0 Å². The molecule has 4 nitrogen and oxygen atoms in total. The zero-order chi connectivity index (χ0) is 23.4. The van der Waals surface area contributed by atoms with E-state index in [0.717, 1.165) is 5.56 Å². The van der Waals surface area contributed by atoms with Crippen LogP contribution in [0.3, 0.4) is 0 Å². The molecule has 3 aromatic rings. The van der Waals surface area contributed by atoms with Crippen LogP contribution in [-0.4, -0.2) is 24.4 Å². The maximum Gasteiger partial charge on any atom is 0.407 e. The summed E-state index contributed by atoms with van der Waals surface area (Å²) in [6.45, 7) is 7.03. The van der Waals surface area contributed by atoms with Crippen molar-refractivity contribution in [2.75, 3.05) is 13.2 Å². The van der Waals surface area contributed by atoms with E-state index in [1.165, 1.54) is 22.3 Å². The number of benzene rings is 3. The Morgan fingerprint density at radius 2 is 1.64 bits per heavy atom. The molecule has 0 spiro atoms. The van der Waals surface area contributed by atoms with Crippen molar-refractivity contribution >= 4 is 6.09 Å². The van der Waals surface area contributed by atoms with Crippen LogP contribution in [-0.2, 0) is 10.2 Å². The third-order valence-corrected chi connectivity index (χ3v) is 5.95. The van der Waals surface area contributed by atoms with Gasteiger partial charge in [0, 0.05) is 18.9 Å². The Bertz CT molecular complexity index is 1180. The lowest BCUT2D eigenvalue weighted by atomic mass is 9.86. The summed E-state index contributed by atoms with van der Waals surface area (Å²) >= 11 is 0. The van der Waals surface area contributed by atoms with Crippen molar-refractivity contribution in [1.82, 2.24) is 5.32 Å². The number of carbonyl (C=O) groups is 1. The van der Waals surface area contributed by atoms with Gasteiger partial charge in [0.05, 0.1) is 5.56 Å². The minimum Gasteiger partial charge on any atom is -0.507 e. The Morgan fingerprint density at radius 1 is 1.00 bits per heavy atom. The molecule has 0 heterocycles. The number of alkyl carbamates (subject to hydrolysis) is 1. The van der Waals surface area contributed by atoms with Crippen LogP contribution in [0.15, 0.2) is 66.7 Å². The number of amides is 1. The van der Waals surface area contributed by atoms with Crippen molar-refractivity contribution in [2.24, 2.45) is 0 Å². The van der Waals surface area contributed by atoms with Crippen molar-refractivity contribution < 1.29 is 14.6 Å². The molecule has 1 aliphatic carbocycles. The van der Waals surface area contributed by atoms with Gasteiger partial charge in [-0.1, -0.05) is 87.2 Å². The number of aromatic hydroxyl groups is 1. The zero-order valence-electron chi connectivity index (χ0n) is 19.3. The third-order valence-electron chi connectivity index (χ3n) is 5.95. The quantitative estimate of drug-likeness (QED) is 0.389. The van der Waals surface area contributed by atoms with E-state index in [9.17, 15) is 9.90 Å². The molecular formula is C29H29NO3. The monoisotopic (exact) mass is 439 g/mol. The lowest BCUT2D eigenvalue weighted by molar-refractivity contribution is 0.143. The van der Waals surface area contributed by atoms with E-state index in [0.29, 0.717) is 25.1 Å². The molecule has 0 fully saturated rings. The molecule has 0 unspecified atom stereocenters. The number of fused-ring (bicyclic) bond motifs is 3. The van der Waals surface area contributed by atoms with Crippen LogP contribution < -0.4 is 5.32 Å². The number of hydrogen-bond acceptors (Lipinski definition) is 3. The molecule has 33 heavy (non-hydrogen) atoms. The van der Waals surface area contributed by atoms with Gasteiger partial charge in [0.15, 0.2) is 0 Å². The number of phenols is 1. The zero-order valence-corrected chi connectivity index (χ0v) is 19.3. The van der Waals surface area contributed by atoms with Crippen molar-refractivity contribution in [3.05, 3.63) is 89.0 Å². The molecule has 0 aliphatic heterocycles. The number of nitrogens with one attached hydrogen (secondary N) is 1. The average molecular weight is 440 g/mol. The van der Waals surface area contributed by atoms with Crippen LogP contribution in [0.1, 0.15) is 55.4 Å². The van der Waals surface area contributed by atoms with Crippen molar-refractivity contribution in [3.8, 4) is 28.7 Å². The van der Waals surface area contributed by atoms with Crippen LogP contribution in [0, 0.1) is 11.8 Å². The first-order valence-electron chi connectivity index (χ1n) is 11.3. The molecule has 2 N–H and O–H groups in total. The minimum atomic E-state index is -0.448. The standard InChI is InChI=1S/C29H29NO3/c1-29(2,3)21-15-16-27(31)20(18-21)10-8-9-17-30-28(32)33-19-26-24-13-6-4-11-22(24)23-12-5-7-14-25(23)26/h4-7,11-16,18,26,31H,9,17,19H2,1-3H3,(H,30,32). The molecule has 0 bridgehead atoms. The summed E-state index contributed by atoms with van der Waals surface area (Å²) in [6.07, 6.45) is 0.0138. The Labute approximate surface area is 195 Å².